The second-order valence-corrected chi connectivity index (χ2v) is 3.81. The molecule has 0 aliphatic rings. The van der Waals surface area contributed by atoms with Crippen LogP contribution in [0.25, 0.3) is 0 Å². The Hall–Kier alpha value is -1.65. The van der Waals surface area contributed by atoms with Crippen LogP contribution in [0.2, 0.25) is 0 Å². The molecule has 0 fully saturated rings. The summed E-state index contributed by atoms with van der Waals surface area (Å²) in [6.45, 7) is 6.10. The van der Waals surface area contributed by atoms with Gasteiger partial charge in [-0.25, -0.2) is 0 Å². The van der Waals surface area contributed by atoms with Gasteiger partial charge in [-0.1, -0.05) is 13.8 Å². The predicted octanol–water partition coefficient (Wildman–Crippen LogP) is 2.45. The van der Waals surface area contributed by atoms with Crippen molar-refractivity contribution in [1.29, 1.82) is 0 Å². The third kappa shape index (κ3) is 2.90. The Balaban J connectivity index is 2.89. The molecule has 0 radical (unpaired) electrons. The topological polar surface area (TPSA) is 68.1 Å². The van der Waals surface area contributed by atoms with Crippen molar-refractivity contribution in [2.24, 2.45) is 5.92 Å². The molecule has 5 nitrogen and oxygen atoms in total. The molecular weight excluding hydrogens is 194 g/mol. The van der Waals surface area contributed by atoms with Crippen LogP contribution in [0.4, 0.5) is 11.5 Å². The predicted molar refractivity (Wildman–Crippen MR) is 58.8 cm³/mol. The number of anilines is 1. The zero-order valence-electron chi connectivity index (χ0n) is 9.10. The summed E-state index contributed by atoms with van der Waals surface area (Å²) in [5.74, 6) is 0.287. The monoisotopic (exact) mass is 209 g/mol. The maximum Gasteiger partial charge on any atom is 0.386 e. The number of pyridine rings is 1. The van der Waals surface area contributed by atoms with Crippen molar-refractivity contribution in [2.75, 3.05) is 5.32 Å². The van der Waals surface area contributed by atoms with Gasteiger partial charge in [-0.3, -0.25) is 0 Å². The molecule has 1 aromatic rings. The molecule has 15 heavy (non-hydrogen) atoms. The number of hydrogen-bond donors (Lipinski definition) is 1. The summed E-state index contributed by atoms with van der Waals surface area (Å²) < 4.78 is 0. The zero-order chi connectivity index (χ0) is 11.4. The molecule has 0 aliphatic carbocycles. The van der Waals surface area contributed by atoms with Gasteiger partial charge in [0.2, 0.25) is 0 Å². The molecule has 1 aromatic heterocycles. The summed E-state index contributed by atoms with van der Waals surface area (Å²) in [5, 5.41) is 13.8. The molecule has 0 bridgehead atoms. The third-order valence-electron chi connectivity index (χ3n) is 2.34. The first kappa shape index (κ1) is 11.4. The molecule has 0 amide bonds. The number of rotatable bonds is 4. The zero-order valence-corrected chi connectivity index (χ0v) is 9.10. The standard InChI is InChI=1S/C10H15N3O2/c1-7(2)8(3)12-9-5-4-6-11-10(9)13(14)15/h4-8,12H,1-3H3. The highest BCUT2D eigenvalue weighted by Crippen LogP contribution is 2.22. The van der Waals surface area contributed by atoms with E-state index in [-0.39, 0.29) is 11.9 Å². The summed E-state index contributed by atoms with van der Waals surface area (Å²) in [7, 11) is 0. The Kier molecular flexibility index (Phi) is 3.60. The smallest absolute Gasteiger partial charge is 0.375 e. The average Bonchev–Trinajstić information content (AvgIpc) is 2.18. The van der Waals surface area contributed by atoms with Crippen molar-refractivity contribution in [3.05, 3.63) is 28.4 Å². The Morgan fingerprint density at radius 2 is 2.13 bits per heavy atom. The molecule has 0 spiro atoms. The molecule has 82 valence electrons. The molecule has 0 saturated heterocycles. The lowest BCUT2D eigenvalue weighted by Gasteiger charge is -2.18. The second-order valence-electron chi connectivity index (χ2n) is 3.81. The van der Waals surface area contributed by atoms with E-state index in [2.05, 4.69) is 24.1 Å². The number of aromatic nitrogens is 1. The van der Waals surface area contributed by atoms with Crippen molar-refractivity contribution in [3.63, 3.8) is 0 Å². The van der Waals surface area contributed by atoms with E-state index in [4.69, 9.17) is 0 Å². The summed E-state index contributed by atoms with van der Waals surface area (Å²) in [4.78, 5) is 13.9. The minimum absolute atomic E-state index is 0.120. The second kappa shape index (κ2) is 4.72. The Morgan fingerprint density at radius 3 is 2.67 bits per heavy atom. The molecule has 1 N–H and O–H groups in total. The average molecular weight is 209 g/mol. The normalized spacial score (nSPS) is 12.5. The van der Waals surface area contributed by atoms with Crippen LogP contribution >= 0.6 is 0 Å². The number of hydrogen-bond acceptors (Lipinski definition) is 4. The molecule has 5 heteroatoms. The van der Waals surface area contributed by atoms with Crippen LogP contribution in [0.1, 0.15) is 20.8 Å². The first-order valence-electron chi connectivity index (χ1n) is 4.88. The SMILES string of the molecule is CC(C)C(C)Nc1cccnc1[N+](=O)[O-]. The highest BCUT2D eigenvalue weighted by atomic mass is 16.6. The maximum atomic E-state index is 10.7. The molecule has 1 heterocycles. The third-order valence-corrected chi connectivity index (χ3v) is 2.34. The van der Waals surface area contributed by atoms with Gasteiger partial charge in [0.15, 0.2) is 0 Å². The summed E-state index contributed by atoms with van der Waals surface area (Å²) in [5.41, 5.74) is 0.476. The van der Waals surface area contributed by atoms with E-state index in [0.717, 1.165) is 0 Å². The number of nitrogens with zero attached hydrogens (tertiary/aromatic N) is 2. The molecule has 0 aromatic carbocycles. The van der Waals surface area contributed by atoms with Gasteiger partial charge in [0.1, 0.15) is 11.9 Å². The Bertz CT molecular complexity index is 352. The van der Waals surface area contributed by atoms with E-state index in [0.29, 0.717) is 11.6 Å². The fraction of sp³-hybridized carbons (Fsp3) is 0.500. The van der Waals surface area contributed by atoms with Gasteiger partial charge in [-0.2, -0.15) is 0 Å². The van der Waals surface area contributed by atoms with Gasteiger partial charge in [-0.05, 0) is 34.9 Å². The maximum absolute atomic E-state index is 10.7. The number of nitro groups is 1. The Morgan fingerprint density at radius 1 is 1.47 bits per heavy atom. The van der Waals surface area contributed by atoms with Crippen LogP contribution < -0.4 is 5.32 Å². The molecule has 1 unspecified atom stereocenters. The van der Waals surface area contributed by atoms with Crippen LogP contribution in [0, 0.1) is 16.0 Å². The molecule has 0 saturated carbocycles. The van der Waals surface area contributed by atoms with Crippen molar-refractivity contribution in [1.82, 2.24) is 4.98 Å². The van der Waals surface area contributed by atoms with Gasteiger partial charge in [0.25, 0.3) is 0 Å². The minimum atomic E-state index is -0.477. The summed E-state index contributed by atoms with van der Waals surface area (Å²) in [6, 6.07) is 3.53. The molecular formula is C10H15N3O2. The van der Waals surface area contributed by atoms with E-state index in [1.54, 1.807) is 12.1 Å². The van der Waals surface area contributed by atoms with E-state index in [9.17, 15) is 10.1 Å². The summed E-state index contributed by atoms with van der Waals surface area (Å²) >= 11 is 0. The van der Waals surface area contributed by atoms with Crippen LogP contribution in [-0.2, 0) is 0 Å². The highest BCUT2D eigenvalue weighted by molar-refractivity contribution is 5.57. The van der Waals surface area contributed by atoms with Gasteiger partial charge in [0.05, 0.1) is 0 Å². The van der Waals surface area contributed by atoms with E-state index in [1.807, 2.05) is 6.92 Å². The fourth-order valence-electron chi connectivity index (χ4n) is 1.07. The lowest BCUT2D eigenvalue weighted by atomic mass is 10.1. The molecule has 0 aliphatic heterocycles. The van der Waals surface area contributed by atoms with E-state index >= 15 is 0 Å². The van der Waals surface area contributed by atoms with Gasteiger partial charge < -0.3 is 15.4 Å². The molecule has 1 atom stereocenters. The van der Waals surface area contributed by atoms with Crippen molar-refractivity contribution >= 4 is 11.5 Å². The van der Waals surface area contributed by atoms with Crippen molar-refractivity contribution in [3.8, 4) is 0 Å². The highest BCUT2D eigenvalue weighted by Gasteiger charge is 2.16. The first-order valence-corrected chi connectivity index (χ1v) is 4.88. The van der Waals surface area contributed by atoms with Crippen LogP contribution in [0.15, 0.2) is 18.3 Å². The van der Waals surface area contributed by atoms with Crippen LogP contribution in [0.5, 0.6) is 0 Å². The molecule has 1 rings (SSSR count). The van der Waals surface area contributed by atoms with Gasteiger partial charge in [-0.15, -0.1) is 0 Å². The Labute approximate surface area is 88.7 Å². The minimum Gasteiger partial charge on any atom is -0.375 e. The van der Waals surface area contributed by atoms with Gasteiger partial charge in [0, 0.05) is 6.04 Å². The lowest BCUT2D eigenvalue weighted by Crippen LogP contribution is -2.22. The van der Waals surface area contributed by atoms with Crippen molar-refractivity contribution in [2.45, 2.75) is 26.8 Å². The van der Waals surface area contributed by atoms with E-state index < -0.39 is 4.92 Å². The quantitative estimate of drug-likeness (QED) is 0.610. The lowest BCUT2D eigenvalue weighted by molar-refractivity contribution is -0.388. The van der Waals surface area contributed by atoms with Crippen LogP contribution in [0.3, 0.4) is 0 Å². The van der Waals surface area contributed by atoms with Gasteiger partial charge >= 0.3 is 5.82 Å². The largest absolute Gasteiger partial charge is 0.386 e. The van der Waals surface area contributed by atoms with Crippen molar-refractivity contribution < 1.29 is 4.92 Å². The fourth-order valence-corrected chi connectivity index (χ4v) is 1.07. The first-order chi connectivity index (χ1) is 7.02. The summed E-state index contributed by atoms with van der Waals surface area (Å²) in [6.07, 6.45) is 1.42. The van der Waals surface area contributed by atoms with E-state index in [1.165, 1.54) is 6.20 Å². The van der Waals surface area contributed by atoms with Crippen LogP contribution in [-0.4, -0.2) is 15.9 Å². The number of nitrogens with one attached hydrogen (secondary N) is 1.